The highest BCUT2D eigenvalue weighted by Crippen LogP contribution is 2.50. The molecule has 2 fully saturated rings. The van der Waals surface area contributed by atoms with Crippen LogP contribution in [0.1, 0.15) is 81.4 Å². The third kappa shape index (κ3) is 3.27. The fourth-order valence-corrected chi connectivity index (χ4v) is 6.28. The van der Waals surface area contributed by atoms with Gasteiger partial charge in [-0.1, -0.05) is 62.8 Å². The van der Waals surface area contributed by atoms with Crippen LogP contribution in [0.25, 0.3) is 11.3 Å². The Morgan fingerprint density at radius 2 is 1.80 bits per heavy atom. The van der Waals surface area contributed by atoms with Crippen molar-refractivity contribution in [2.45, 2.75) is 82.1 Å². The monoisotopic (exact) mass is 407 g/mol. The minimum Gasteiger partial charge on any atom is -0.395 e. The first-order valence-electron chi connectivity index (χ1n) is 11.8. The normalized spacial score (nSPS) is 20.6. The maximum absolute atomic E-state index is 13.5. The number of fused-ring (bicyclic) bond motifs is 4. The zero-order valence-electron chi connectivity index (χ0n) is 17.8. The molecule has 1 spiro atoms. The van der Waals surface area contributed by atoms with Gasteiger partial charge in [0.15, 0.2) is 0 Å². The van der Waals surface area contributed by atoms with Gasteiger partial charge in [-0.15, -0.1) is 0 Å². The van der Waals surface area contributed by atoms with Crippen LogP contribution in [0, 0.1) is 0 Å². The minimum absolute atomic E-state index is 0.0259. The molecule has 30 heavy (non-hydrogen) atoms. The number of nitrogens with zero attached hydrogens (tertiary/aromatic N) is 2. The van der Waals surface area contributed by atoms with Crippen LogP contribution in [-0.4, -0.2) is 27.8 Å². The lowest BCUT2D eigenvalue weighted by Gasteiger charge is -2.44. The van der Waals surface area contributed by atoms with Gasteiger partial charge in [-0.25, -0.2) is 0 Å². The summed E-state index contributed by atoms with van der Waals surface area (Å²) in [7, 11) is 0. The summed E-state index contributed by atoms with van der Waals surface area (Å²) >= 11 is 0. The molecule has 5 rings (SSSR count). The van der Waals surface area contributed by atoms with Crippen molar-refractivity contribution in [1.29, 1.82) is 0 Å². The third-order valence-electron chi connectivity index (χ3n) is 7.60. The Hall–Kier alpha value is -2.14. The van der Waals surface area contributed by atoms with Crippen molar-refractivity contribution in [3.63, 3.8) is 0 Å². The lowest BCUT2D eigenvalue weighted by atomic mass is 9.62. The van der Waals surface area contributed by atoms with Gasteiger partial charge in [0, 0.05) is 23.6 Å². The molecule has 3 aliphatic carbocycles. The maximum atomic E-state index is 13.5. The number of aliphatic hydroxyl groups excluding tert-OH is 1. The molecule has 1 aromatic heterocycles. The second kappa shape index (κ2) is 8.18. The molecule has 2 N–H and O–H groups in total. The number of anilines is 1. The first kappa shape index (κ1) is 19.8. The Morgan fingerprint density at radius 3 is 2.57 bits per heavy atom. The summed E-state index contributed by atoms with van der Waals surface area (Å²) in [5.74, 6) is 0.641. The van der Waals surface area contributed by atoms with Crippen molar-refractivity contribution in [3.05, 3.63) is 45.7 Å². The Kier molecular flexibility index (Phi) is 5.40. The van der Waals surface area contributed by atoms with Gasteiger partial charge >= 0.3 is 0 Å². The molecule has 160 valence electrons. The highest BCUT2D eigenvalue weighted by Gasteiger charge is 2.44. The standard InChI is InChI=1S/C25H33N3O2/c29-16-15-26-24-27-23(30)21-22(28(24)19-10-3-1-4-11-19)20-12-6-5-9-18(20)17-25(21)13-7-2-8-14-25/h5-6,9,12,19,29H,1-4,7-8,10-11,13-17H2,(H,26,27,30). The molecule has 0 unspecified atom stereocenters. The van der Waals surface area contributed by atoms with Gasteiger partial charge in [0.05, 0.1) is 17.9 Å². The zero-order valence-corrected chi connectivity index (χ0v) is 17.8. The average molecular weight is 408 g/mol. The molecule has 3 aliphatic rings. The Morgan fingerprint density at radius 1 is 1.07 bits per heavy atom. The molecule has 5 heteroatoms. The van der Waals surface area contributed by atoms with Crippen molar-refractivity contribution in [3.8, 4) is 11.3 Å². The second-order valence-electron chi connectivity index (χ2n) is 9.45. The number of aromatic nitrogens is 2. The van der Waals surface area contributed by atoms with Crippen LogP contribution in [0.5, 0.6) is 0 Å². The van der Waals surface area contributed by atoms with Crippen LogP contribution >= 0.6 is 0 Å². The summed E-state index contributed by atoms with van der Waals surface area (Å²) in [6, 6.07) is 9.03. The van der Waals surface area contributed by atoms with E-state index in [1.807, 2.05) is 0 Å². The summed E-state index contributed by atoms with van der Waals surface area (Å²) < 4.78 is 2.36. The van der Waals surface area contributed by atoms with Crippen LogP contribution in [0.15, 0.2) is 29.1 Å². The fourth-order valence-electron chi connectivity index (χ4n) is 6.28. The number of benzene rings is 1. The van der Waals surface area contributed by atoms with E-state index < -0.39 is 0 Å². The lowest BCUT2D eigenvalue weighted by molar-refractivity contribution is 0.279. The predicted molar refractivity (Wildman–Crippen MR) is 120 cm³/mol. The Balaban J connectivity index is 1.79. The molecule has 2 aromatic rings. The van der Waals surface area contributed by atoms with Gasteiger partial charge in [-0.2, -0.15) is 4.98 Å². The van der Waals surface area contributed by atoms with Crippen molar-refractivity contribution in [2.75, 3.05) is 18.5 Å². The van der Waals surface area contributed by atoms with E-state index in [1.165, 1.54) is 49.7 Å². The molecular formula is C25H33N3O2. The number of rotatable bonds is 4. The summed E-state index contributed by atoms with van der Waals surface area (Å²) in [6.07, 6.45) is 12.7. The summed E-state index contributed by atoms with van der Waals surface area (Å²) in [5, 5.41) is 12.7. The highest BCUT2D eigenvalue weighted by atomic mass is 16.3. The fraction of sp³-hybridized carbons (Fsp3) is 0.600. The van der Waals surface area contributed by atoms with E-state index >= 15 is 0 Å². The van der Waals surface area contributed by atoms with Crippen LogP contribution < -0.4 is 10.9 Å². The maximum Gasteiger partial charge on any atom is 0.278 e. The van der Waals surface area contributed by atoms with E-state index in [2.05, 4.69) is 39.1 Å². The van der Waals surface area contributed by atoms with E-state index in [9.17, 15) is 9.90 Å². The Bertz CT molecular complexity index is 969. The smallest absolute Gasteiger partial charge is 0.278 e. The van der Waals surface area contributed by atoms with Crippen LogP contribution in [0.3, 0.4) is 0 Å². The number of aliphatic hydroxyl groups is 1. The number of hydrogen-bond acceptors (Lipinski definition) is 4. The molecular weight excluding hydrogens is 374 g/mol. The van der Waals surface area contributed by atoms with Gasteiger partial charge < -0.3 is 15.0 Å². The quantitative estimate of drug-likeness (QED) is 0.779. The van der Waals surface area contributed by atoms with E-state index in [4.69, 9.17) is 0 Å². The van der Waals surface area contributed by atoms with Crippen LogP contribution in [0.2, 0.25) is 0 Å². The molecule has 0 atom stereocenters. The minimum atomic E-state index is -0.0715. The van der Waals surface area contributed by atoms with Crippen molar-refractivity contribution in [2.24, 2.45) is 0 Å². The molecule has 1 heterocycles. The number of nitrogens with one attached hydrogen (secondary N) is 1. The predicted octanol–water partition coefficient (Wildman–Crippen LogP) is 4.58. The van der Waals surface area contributed by atoms with Crippen LogP contribution in [0.4, 0.5) is 5.95 Å². The molecule has 0 aliphatic heterocycles. The van der Waals surface area contributed by atoms with E-state index in [0.717, 1.165) is 43.4 Å². The van der Waals surface area contributed by atoms with Gasteiger partial charge in [0.25, 0.3) is 5.56 Å². The van der Waals surface area contributed by atoms with Crippen molar-refractivity contribution < 1.29 is 5.11 Å². The molecule has 0 amide bonds. The largest absolute Gasteiger partial charge is 0.395 e. The summed E-state index contributed by atoms with van der Waals surface area (Å²) in [6.45, 7) is 0.433. The van der Waals surface area contributed by atoms with Gasteiger partial charge in [0.2, 0.25) is 5.95 Å². The topological polar surface area (TPSA) is 67.2 Å². The average Bonchev–Trinajstić information content (AvgIpc) is 2.78. The Labute approximate surface area is 178 Å². The first-order chi connectivity index (χ1) is 14.7. The summed E-state index contributed by atoms with van der Waals surface area (Å²) in [5.41, 5.74) is 4.54. The van der Waals surface area contributed by atoms with Gasteiger partial charge in [0.1, 0.15) is 0 Å². The number of hydrogen-bond donors (Lipinski definition) is 2. The van der Waals surface area contributed by atoms with E-state index in [-0.39, 0.29) is 17.6 Å². The van der Waals surface area contributed by atoms with Crippen molar-refractivity contribution in [1.82, 2.24) is 9.55 Å². The van der Waals surface area contributed by atoms with Gasteiger partial charge in [-0.05, 0) is 37.7 Å². The van der Waals surface area contributed by atoms with Crippen LogP contribution in [-0.2, 0) is 11.8 Å². The second-order valence-corrected chi connectivity index (χ2v) is 9.45. The lowest BCUT2D eigenvalue weighted by Crippen LogP contribution is -2.42. The molecule has 0 radical (unpaired) electrons. The van der Waals surface area contributed by atoms with E-state index in [0.29, 0.717) is 18.5 Å². The molecule has 5 nitrogen and oxygen atoms in total. The third-order valence-corrected chi connectivity index (χ3v) is 7.60. The van der Waals surface area contributed by atoms with E-state index in [1.54, 1.807) is 0 Å². The van der Waals surface area contributed by atoms with Gasteiger partial charge in [-0.3, -0.25) is 4.79 Å². The molecule has 0 bridgehead atoms. The molecule has 1 aromatic carbocycles. The molecule has 2 saturated carbocycles. The SMILES string of the molecule is O=c1nc(NCCO)n(C2CCCCC2)c2c1C1(CCCCC1)Cc1ccccc1-2. The highest BCUT2D eigenvalue weighted by molar-refractivity contribution is 5.73. The summed E-state index contributed by atoms with van der Waals surface area (Å²) in [4.78, 5) is 18.1. The molecule has 0 saturated heterocycles. The van der Waals surface area contributed by atoms with Crippen molar-refractivity contribution >= 4 is 5.95 Å². The first-order valence-corrected chi connectivity index (χ1v) is 11.8. The zero-order chi connectivity index (χ0) is 20.6.